The molecule has 6 nitrogen and oxygen atoms in total. The molecular weight excluding hydrogens is 308 g/mol. The largest absolute Gasteiger partial charge is 0.358 e. The second-order valence-electron chi connectivity index (χ2n) is 4.05. The molecule has 19 heavy (non-hydrogen) atoms. The molecule has 1 fully saturated rings. The molecule has 104 valence electrons. The molecule has 0 unspecified atom stereocenters. The van der Waals surface area contributed by atoms with Crippen molar-refractivity contribution in [2.75, 3.05) is 36.8 Å². The van der Waals surface area contributed by atoms with Crippen molar-refractivity contribution in [3.63, 3.8) is 0 Å². The van der Waals surface area contributed by atoms with Gasteiger partial charge in [-0.25, -0.2) is 8.42 Å². The van der Waals surface area contributed by atoms with Gasteiger partial charge in [0, 0.05) is 26.2 Å². The maximum absolute atomic E-state index is 11.7. The summed E-state index contributed by atoms with van der Waals surface area (Å²) in [6, 6.07) is 2.04. The van der Waals surface area contributed by atoms with E-state index >= 15 is 0 Å². The summed E-state index contributed by atoms with van der Waals surface area (Å²) in [5.41, 5.74) is 0.374. The number of piperazine rings is 1. The molecule has 1 aliphatic rings. The summed E-state index contributed by atoms with van der Waals surface area (Å²) in [4.78, 5) is 1.96. The Morgan fingerprint density at radius 3 is 2.58 bits per heavy atom. The normalized spacial score (nSPS) is 17.4. The van der Waals surface area contributed by atoms with Crippen molar-refractivity contribution in [1.82, 2.24) is 8.68 Å². The Morgan fingerprint density at radius 1 is 1.42 bits per heavy atom. The van der Waals surface area contributed by atoms with E-state index in [9.17, 15) is 8.42 Å². The molecule has 0 saturated carbocycles. The van der Waals surface area contributed by atoms with Crippen molar-refractivity contribution in [1.29, 1.82) is 5.26 Å². The van der Waals surface area contributed by atoms with Gasteiger partial charge in [-0.15, -0.1) is 0 Å². The molecule has 2 heterocycles. The summed E-state index contributed by atoms with van der Waals surface area (Å²) < 4.78 is 28.9. The topological polar surface area (TPSA) is 77.3 Å². The molecule has 0 radical (unpaired) electrons. The summed E-state index contributed by atoms with van der Waals surface area (Å²) in [6.07, 6.45) is 0. The maximum Gasteiger partial charge on any atom is 0.213 e. The van der Waals surface area contributed by atoms with E-state index in [1.54, 1.807) is 6.92 Å². The Bertz CT molecular complexity index is 600. The van der Waals surface area contributed by atoms with Crippen LogP contribution in [0.5, 0.6) is 0 Å². The van der Waals surface area contributed by atoms with E-state index in [1.165, 1.54) is 15.8 Å². The quantitative estimate of drug-likeness (QED) is 0.834. The highest BCUT2D eigenvalue weighted by atomic mass is 35.5. The fraction of sp³-hybridized carbons (Fsp3) is 0.600. The Balaban J connectivity index is 2.11. The predicted octanol–water partition coefficient (Wildman–Crippen LogP) is 1.14. The molecule has 9 heteroatoms. The average Bonchev–Trinajstić information content (AvgIpc) is 2.80. The van der Waals surface area contributed by atoms with Gasteiger partial charge in [-0.3, -0.25) is 0 Å². The van der Waals surface area contributed by atoms with Crippen LogP contribution in [0.25, 0.3) is 0 Å². The first kappa shape index (κ1) is 14.5. The number of hydrogen-bond acceptors (Lipinski definition) is 6. The molecule has 0 aromatic carbocycles. The number of hydrogen-bond donors (Lipinski definition) is 0. The van der Waals surface area contributed by atoms with Crippen LogP contribution >= 0.6 is 23.1 Å². The average molecular weight is 321 g/mol. The van der Waals surface area contributed by atoms with Crippen LogP contribution in [0.1, 0.15) is 12.5 Å². The summed E-state index contributed by atoms with van der Waals surface area (Å²) in [6.45, 7) is 3.59. The molecule has 1 aromatic heterocycles. The van der Waals surface area contributed by atoms with Crippen LogP contribution in [0.3, 0.4) is 0 Å². The highest BCUT2D eigenvalue weighted by Crippen LogP contribution is 2.31. The van der Waals surface area contributed by atoms with E-state index in [0.29, 0.717) is 31.7 Å². The molecule has 0 N–H and O–H groups in total. The van der Waals surface area contributed by atoms with Gasteiger partial charge >= 0.3 is 0 Å². The molecule has 0 spiro atoms. The Hall–Kier alpha value is -0.880. The zero-order valence-corrected chi connectivity index (χ0v) is 12.7. The van der Waals surface area contributed by atoms with E-state index in [1.807, 2.05) is 11.0 Å². The summed E-state index contributed by atoms with van der Waals surface area (Å²) in [7, 11) is -3.13. The first-order chi connectivity index (χ1) is 8.99. The summed E-state index contributed by atoms with van der Waals surface area (Å²) >= 11 is 7.01. The van der Waals surface area contributed by atoms with E-state index in [-0.39, 0.29) is 10.9 Å². The highest BCUT2D eigenvalue weighted by Gasteiger charge is 2.28. The van der Waals surface area contributed by atoms with Crippen LogP contribution < -0.4 is 4.90 Å². The zero-order valence-electron chi connectivity index (χ0n) is 10.3. The second kappa shape index (κ2) is 5.63. The third kappa shape index (κ3) is 2.84. The minimum absolute atomic E-state index is 0.114. The maximum atomic E-state index is 11.7. The van der Waals surface area contributed by atoms with Crippen molar-refractivity contribution in [2.45, 2.75) is 6.92 Å². The number of sulfonamides is 1. The van der Waals surface area contributed by atoms with Gasteiger partial charge in [0.1, 0.15) is 16.6 Å². The number of nitriles is 1. The molecule has 0 atom stereocenters. The van der Waals surface area contributed by atoms with Gasteiger partial charge in [-0.05, 0) is 18.5 Å². The smallest absolute Gasteiger partial charge is 0.213 e. The molecular formula is C10H13ClN4O2S2. The van der Waals surface area contributed by atoms with E-state index < -0.39 is 10.0 Å². The lowest BCUT2D eigenvalue weighted by Crippen LogP contribution is -2.49. The second-order valence-corrected chi connectivity index (χ2v) is 7.42. The molecule has 2 rings (SSSR count). The van der Waals surface area contributed by atoms with Gasteiger partial charge in [0.15, 0.2) is 5.15 Å². The van der Waals surface area contributed by atoms with Gasteiger partial charge in [0.2, 0.25) is 10.0 Å². The third-order valence-corrected chi connectivity index (χ3v) is 6.19. The lowest BCUT2D eigenvalue weighted by Gasteiger charge is -2.34. The Kier molecular flexibility index (Phi) is 4.30. The zero-order chi connectivity index (χ0) is 14.0. The third-order valence-electron chi connectivity index (χ3n) is 3.03. The van der Waals surface area contributed by atoms with Crippen molar-refractivity contribution in [3.05, 3.63) is 10.7 Å². The molecule has 0 bridgehead atoms. The molecule has 1 aromatic rings. The fourth-order valence-corrected chi connectivity index (χ4v) is 4.09. The van der Waals surface area contributed by atoms with Crippen LogP contribution in [-0.2, 0) is 10.0 Å². The van der Waals surface area contributed by atoms with E-state index in [0.717, 1.165) is 5.00 Å². The van der Waals surface area contributed by atoms with Crippen molar-refractivity contribution < 1.29 is 8.42 Å². The highest BCUT2D eigenvalue weighted by molar-refractivity contribution is 7.89. The predicted molar refractivity (Wildman–Crippen MR) is 75.1 cm³/mol. The number of halogens is 1. The van der Waals surface area contributed by atoms with E-state index in [2.05, 4.69) is 4.37 Å². The SMILES string of the molecule is CCS(=O)(=O)N1CCN(c2snc(Cl)c2C#N)CC1. The molecule has 0 aliphatic carbocycles. The number of anilines is 1. The minimum atomic E-state index is -3.13. The summed E-state index contributed by atoms with van der Waals surface area (Å²) in [5.74, 6) is 0.114. The van der Waals surface area contributed by atoms with Crippen LogP contribution in [0.2, 0.25) is 5.15 Å². The summed E-state index contributed by atoms with van der Waals surface area (Å²) in [5, 5.41) is 9.97. The van der Waals surface area contributed by atoms with Crippen molar-refractivity contribution >= 4 is 38.2 Å². The monoisotopic (exact) mass is 320 g/mol. The van der Waals surface area contributed by atoms with Crippen molar-refractivity contribution in [3.8, 4) is 6.07 Å². The van der Waals surface area contributed by atoms with Crippen LogP contribution in [0, 0.1) is 11.3 Å². The van der Waals surface area contributed by atoms with Crippen LogP contribution in [0.4, 0.5) is 5.00 Å². The van der Waals surface area contributed by atoms with Gasteiger partial charge < -0.3 is 4.90 Å². The lowest BCUT2D eigenvalue weighted by atomic mass is 10.3. The minimum Gasteiger partial charge on any atom is -0.358 e. The number of nitrogens with zero attached hydrogens (tertiary/aromatic N) is 4. The molecule has 1 saturated heterocycles. The lowest BCUT2D eigenvalue weighted by molar-refractivity contribution is 0.386. The first-order valence-corrected chi connectivity index (χ1v) is 8.53. The standard InChI is InChI=1S/C10H13ClN4O2S2/c1-2-19(16,17)15-5-3-14(4-6-15)10-8(7-12)9(11)13-18-10/h2-6H2,1H3. The Morgan fingerprint density at radius 2 is 2.05 bits per heavy atom. The van der Waals surface area contributed by atoms with Crippen LogP contribution in [0.15, 0.2) is 0 Å². The molecule has 1 aliphatic heterocycles. The van der Waals surface area contributed by atoms with Gasteiger partial charge in [0.25, 0.3) is 0 Å². The Labute approximate surface area is 121 Å². The van der Waals surface area contributed by atoms with Gasteiger partial charge in [-0.2, -0.15) is 13.9 Å². The van der Waals surface area contributed by atoms with Gasteiger partial charge in [-0.1, -0.05) is 11.6 Å². The van der Waals surface area contributed by atoms with Crippen molar-refractivity contribution in [2.24, 2.45) is 0 Å². The van der Waals surface area contributed by atoms with E-state index in [4.69, 9.17) is 16.9 Å². The first-order valence-electron chi connectivity index (χ1n) is 5.77. The van der Waals surface area contributed by atoms with Crippen LogP contribution in [-0.4, -0.2) is 49.0 Å². The van der Waals surface area contributed by atoms with Gasteiger partial charge in [0.05, 0.1) is 5.75 Å². The fourth-order valence-electron chi connectivity index (χ4n) is 1.92. The number of aromatic nitrogens is 1. The number of rotatable bonds is 3. The molecule has 0 amide bonds.